The highest BCUT2D eigenvalue weighted by Gasteiger charge is 2.26. The average molecular weight is 328 g/mol. The molecule has 0 aromatic heterocycles. The van der Waals surface area contributed by atoms with Crippen LogP contribution in [0.25, 0.3) is 0 Å². The fraction of sp³-hybridized carbons (Fsp3) is 0.571. The lowest BCUT2D eigenvalue weighted by Crippen LogP contribution is -2.34. The number of rotatable bonds is 1. The van der Waals surface area contributed by atoms with Gasteiger partial charge in [-0.3, -0.25) is 0 Å². The van der Waals surface area contributed by atoms with Crippen LogP contribution >= 0.6 is 15.9 Å². The van der Waals surface area contributed by atoms with Gasteiger partial charge in [0.05, 0.1) is 23.8 Å². The van der Waals surface area contributed by atoms with Crippen LogP contribution in [0.15, 0.2) is 16.6 Å². The lowest BCUT2D eigenvalue weighted by Gasteiger charge is -2.29. The van der Waals surface area contributed by atoms with Crippen molar-refractivity contribution in [2.75, 3.05) is 19.8 Å². The second-order valence-electron chi connectivity index (χ2n) is 4.98. The summed E-state index contributed by atoms with van der Waals surface area (Å²) in [6.45, 7) is 2.13. The van der Waals surface area contributed by atoms with Gasteiger partial charge in [0.2, 0.25) is 0 Å². The number of halogens is 1. The molecule has 4 nitrogen and oxygen atoms in total. The maximum Gasteiger partial charge on any atom is 0.175 e. The quantitative estimate of drug-likeness (QED) is 0.861. The van der Waals surface area contributed by atoms with Crippen LogP contribution in [0.3, 0.4) is 0 Å². The largest absolute Gasteiger partial charge is 0.490 e. The highest BCUT2D eigenvalue weighted by Crippen LogP contribution is 2.41. The molecule has 1 fully saturated rings. The molecule has 0 bridgehead atoms. The Bertz CT molecular complexity index is 466. The molecule has 19 heavy (non-hydrogen) atoms. The van der Waals surface area contributed by atoms with Gasteiger partial charge in [0.1, 0.15) is 0 Å². The predicted molar refractivity (Wildman–Crippen MR) is 75.7 cm³/mol. The first-order valence-electron chi connectivity index (χ1n) is 6.72. The van der Waals surface area contributed by atoms with E-state index in [4.69, 9.17) is 19.9 Å². The topological polar surface area (TPSA) is 53.7 Å². The molecule has 1 aromatic rings. The van der Waals surface area contributed by atoms with Gasteiger partial charge in [-0.05, 0) is 46.5 Å². The van der Waals surface area contributed by atoms with Gasteiger partial charge in [-0.25, -0.2) is 0 Å². The number of benzene rings is 1. The Morgan fingerprint density at radius 2 is 1.95 bits per heavy atom. The van der Waals surface area contributed by atoms with Crippen molar-refractivity contribution in [3.63, 3.8) is 0 Å². The number of hydrogen-bond donors (Lipinski definition) is 1. The van der Waals surface area contributed by atoms with Gasteiger partial charge in [0.15, 0.2) is 11.5 Å². The second kappa shape index (κ2) is 5.69. The van der Waals surface area contributed by atoms with Gasteiger partial charge in [-0.15, -0.1) is 0 Å². The molecule has 2 atom stereocenters. The summed E-state index contributed by atoms with van der Waals surface area (Å²) < 4.78 is 18.2. The van der Waals surface area contributed by atoms with Crippen LogP contribution < -0.4 is 15.2 Å². The first-order chi connectivity index (χ1) is 9.25. The Hall–Kier alpha value is -0.780. The summed E-state index contributed by atoms with van der Waals surface area (Å²) in [5.74, 6) is 1.56. The molecule has 2 aliphatic heterocycles. The van der Waals surface area contributed by atoms with Gasteiger partial charge in [0.25, 0.3) is 0 Å². The molecule has 104 valence electrons. The summed E-state index contributed by atoms with van der Waals surface area (Å²) in [4.78, 5) is 0. The first-order valence-corrected chi connectivity index (χ1v) is 7.51. The zero-order chi connectivity index (χ0) is 13.2. The molecule has 5 heteroatoms. The van der Waals surface area contributed by atoms with Crippen molar-refractivity contribution in [3.8, 4) is 11.5 Å². The molecule has 2 aliphatic rings. The van der Waals surface area contributed by atoms with Crippen molar-refractivity contribution in [2.24, 2.45) is 5.73 Å². The Morgan fingerprint density at radius 1 is 1.11 bits per heavy atom. The molecule has 0 aliphatic carbocycles. The van der Waals surface area contributed by atoms with Gasteiger partial charge in [-0.1, -0.05) is 0 Å². The summed E-state index contributed by atoms with van der Waals surface area (Å²) in [6.07, 6.45) is 2.87. The van der Waals surface area contributed by atoms with E-state index in [1.807, 2.05) is 12.1 Å². The molecule has 2 heterocycles. The van der Waals surface area contributed by atoms with Crippen molar-refractivity contribution in [3.05, 3.63) is 22.2 Å². The third-order valence-corrected chi connectivity index (χ3v) is 4.11. The molecule has 0 saturated carbocycles. The Labute approximate surface area is 121 Å². The van der Waals surface area contributed by atoms with Crippen LogP contribution in [0.1, 0.15) is 30.9 Å². The number of nitrogens with two attached hydrogens (primary N) is 1. The second-order valence-corrected chi connectivity index (χ2v) is 5.83. The lowest BCUT2D eigenvalue weighted by molar-refractivity contribution is -0.0000283. The number of hydrogen-bond acceptors (Lipinski definition) is 4. The summed E-state index contributed by atoms with van der Waals surface area (Å²) in [6, 6.07) is 4.08. The fourth-order valence-electron chi connectivity index (χ4n) is 2.56. The zero-order valence-corrected chi connectivity index (χ0v) is 12.3. The molecule has 2 unspecified atom stereocenters. The monoisotopic (exact) mass is 327 g/mol. The van der Waals surface area contributed by atoms with E-state index in [0.717, 1.165) is 47.4 Å². The normalized spacial score (nSPS) is 26.8. The zero-order valence-electron chi connectivity index (χ0n) is 10.7. The Balaban J connectivity index is 1.94. The minimum Gasteiger partial charge on any atom is -0.490 e. The Kier molecular flexibility index (Phi) is 3.96. The summed E-state index contributed by atoms with van der Waals surface area (Å²) in [5, 5.41) is 0. The summed E-state index contributed by atoms with van der Waals surface area (Å²) in [5.41, 5.74) is 7.21. The third kappa shape index (κ3) is 2.73. The van der Waals surface area contributed by atoms with E-state index >= 15 is 0 Å². The van der Waals surface area contributed by atoms with Crippen LogP contribution in [0.4, 0.5) is 0 Å². The maximum absolute atomic E-state index is 6.16. The summed E-state index contributed by atoms with van der Waals surface area (Å²) >= 11 is 3.55. The van der Waals surface area contributed by atoms with Gasteiger partial charge >= 0.3 is 0 Å². The van der Waals surface area contributed by atoms with Crippen LogP contribution in [0.5, 0.6) is 11.5 Å². The minimum absolute atomic E-state index is 0.0467. The van der Waals surface area contributed by atoms with Gasteiger partial charge in [-0.2, -0.15) is 0 Å². The highest BCUT2D eigenvalue weighted by molar-refractivity contribution is 9.10. The smallest absolute Gasteiger partial charge is 0.175 e. The first kappa shape index (κ1) is 13.2. The van der Waals surface area contributed by atoms with E-state index in [1.165, 1.54) is 0 Å². The minimum atomic E-state index is -0.0535. The van der Waals surface area contributed by atoms with Crippen LogP contribution in [-0.2, 0) is 4.74 Å². The SMILES string of the molecule is NC1CCCOC1c1cc(Br)c2c(c1)OCCCO2. The molecule has 3 rings (SSSR count). The molecule has 0 spiro atoms. The molecular weight excluding hydrogens is 310 g/mol. The van der Waals surface area contributed by atoms with E-state index < -0.39 is 0 Å². The van der Waals surface area contributed by atoms with Crippen molar-refractivity contribution >= 4 is 15.9 Å². The van der Waals surface area contributed by atoms with E-state index in [2.05, 4.69) is 15.9 Å². The molecular formula is C14H18BrNO3. The van der Waals surface area contributed by atoms with Crippen molar-refractivity contribution < 1.29 is 14.2 Å². The van der Waals surface area contributed by atoms with E-state index in [0.29, 0.717) is 13.2 Å². The Morgan fingerprint density at radius 3 is 2.79 bits per heavy atom. The van der Waals surface area contributed by atoms with Gasteiger partial charge in [0, 0.05) is 19.1 Å². The molecule has 2 N–H and O–H groups in total. The number of fused-ring (bicyclic) bond motifs is 1. The van der Waals surface area contributed by atoms with E-state index in [9.17, 15) is 0 Å². The van der Waals surface area contributed by atoms with E-state index in [-0.39, 0.29) is 12.1 Å². The maximum atomic E-state index is 6.16. The van der Waals surface area contributed by atoms with Crippen LogP contribution in [0, 0.1) is 0 Å². The molecule has 0 amide bonds. The third-order valence-electron chi connectivity index (χ3n) is 3.52. The molecule has 1 aromatic carbocycles. The average Bonchev–Trinajstić information content (AvgIpc) is 2.65. The lowest BCUT2D eigenvalue weighted by atomic mass is 9.96. The van der Waals surface area contributed by atoms with Crippen LogP contribution in [-0.4, -0.2) is 25.9 Å². The molecule has 1 saturated heterocycles. The fourth-order valence-corrected chi connectivity index (χ4v) is 3.14. The molecule has 0 radical (unpaired) electrons. The van der Waals surface area contributed by atoms with Crippen molar-refractivity contribution in [1.82, 2.24) is 0 Å². The summed E-state index contributed by atoms with van der Waals surface area (Å²) in [7, 11) is 0. The standard InChI is InChI=1S/C14H18BrNO3/c15-10-7-9(13-11(16)3-1-4-18-13)8-12-14(10)19-6-2-5-17-12/h7-8,11,13H,1-6,16H2. The number of ether oxygens (including phenoxy) is 3. The van der Waals surface area contributed by atoms with E-state index in [1.54, 1.807) is 0 Å². The van der Waals surface area contributed by atoms with Crippen molar-refractivity contribution in [1.29, 1.82) is 0 Å². The van der Waals surface area contributed by atoms with Crippen LogP contribution in [0.2, 0.25) is 0 Å². The highest BCUT2D eigenvalue weighted by atomic mass is 79.9. The van der Waals surface area contributed by atoms with Gasteiger partial charge < -0.3 is 19.9 Å². The van der Waals surface area contributed by atoms with Crippen molar-refractivity contribution in [2.45, 2.75) is 31.4 Å². The predicted octanol–water partition coefficient (Wildman–Crippen LogP) is 2.79.